The number of carbonyl (C=O) groups is 1. The van der Waals surface area contributed by atoms with Crippen molar-refractivity contribution in [3.63, 3.8) is 0 Å². The van der Waals surface area contributed by atoms with Crippen LogP contribution in [0.1, 0.15) is 0 Å². The topological polar surface area (TPSA) is 81.1 Å². The predicted molar refractivity (Wildman–Crippen MR) is 37.8 cm³/mol. The molecule has 0 radical (unpaired) electrons. The lowest BCUT2D eigenvalue weighted by Gasteiger charge is -2.04. The zero-order valence-electron chi connectivity index (χ0n) is 5.84. The average molecular weight is 155 g/mol. The van der Waals surface area contributed by atoms with E-state index in [4.69, 9.17) is 10.8 Å². The van der Waals surface area contributed by atoms with Gasteiger partial charge in [-0.1, -0.05) is 0 Å². The maximum atomic E-state index is 10.3. The van der Waals surface area contributed by atoms with Crippen LogP contribution in [-0.2, 0) is 11.3 Å². The standard InChI is InChI=1S/C6H9N3O2/c7-5(6(10)11)4-9-3-1-2-8-9/h1-3,5H,4,7H2,(H,10,11)/t5-/m0/s1. The number of aromatic nitrogens is 2. The zero-order chi connectivity index (χ0) is 8.27. The summed E-state index contributed by atoms with van der Waals surface area (Å²) in [5, 5.41) is 12.2. The molecular formula is C6H9N3O2. The lowest BCUT2D eigenvalue weighted by atomic mass is 10.3. The van der Waals surface area contributed by atoms with E-state index in [2.05, 4.69) is 5.10 Å². The minimum absolute atomic E-state index is 0.211. The van der Waals surface area contributed by atoms with Crippen molar-refractivity contribution in [3.05, 3.63) is 18.5 Å². The Morgan fingerprint density at radius 3 is 3.00 bits per heavy atom. The van der Waals surface area contributed by atoms with E-state index >= 15 is 0 Å². The second-order valence-corrected chi connectivity index (χ2v) is 2.17. The predicted octanol–water partition coefficient (Wildman–Crippen LogP) is -0.705. The summed E-state index contributed by atoms with van der Waals surface area (Å²) < 4.78 is 1.48. The Balaban J connectivity index is 2.50. The van der Waals surface area contributed by atoms with Gasteiger partial charge in [-0.3, -0.25) is 9.48 Å². The number of nitrogens with zero attached hydrogens (tertiary/aromatic N) is 2. The summed E-state index contributed by atoms with van der Waals surface area (Å²) in [6.07, 6.45) is 3.25. The third-order valence-corrected chi connectivity index (χ3v) is 1.26. The second kappa shape index (κ2) is 3.16. The fourth-order valence-corrected chi connectivity index (χ4v) is 0.688. The van der Waals surface area contributed by atoms with Gasteiger partial charge in [-0.15, -0.1) is 0 Å². The van der Waals surface area contributed by atoms with Gasteiger partial charge in [0.1, 0.15) is 6.04 Å². The average Bonchev–Trinajstić information content (AvgIpc) is 2.39. The highest BCUT2D eigenvalue weighted by Crippen LogP contribution is 1.87. The van der Waals surface area contributed by atoms with Crippen LogP contribution in [0.5, 0.6) is 0 Å². The molecule has 0 fully saturated rings. The summed E-state index contributed by atoms with van der Waals surface area (Å²) in [7, 11) is 0. The van der Waals surface area contributed by atoms with Crippen LogP contribution in [0.4, 0.5) is 0 Å². The highest BCUT2D eigenvalue weighted by molar-refractivity contribution is 5.72. The van der Waals surface area contributed by atoms with Crippen molar-refractivity contribution in [2.75, 3.05) is 0 Å². The Hall–Kier alpha value is -1.36. The van der Waals surface area contributed by atoms with Gasteiger partial charge in [-0.05, 0) is 6.07 Å². The van der Waals surface area contributed by atoms with Crippen molar-refractivity contribution in [3.8, 4) is 0 Å². The van der Waals surface area contributed by atoms with E-state index in [9.17, 15) is 4.79 Å². The van der Waals surface area contributed by atoms with Gasteiger partial charge in [0.05, 0.1) is 6.54 Å². The van der Waals surface area contributed by atoms with Crippen LogP contribution >= 0.6 is 0 Å². The molecule has 0 bridgehead atoms. The Labute approximate surface area is 63.4 Å². The van der Waals surface area contributed by atoms with Gasteiger partial charge in [0.15, 0.2) is 0 Å². The molecule has 0 amide bonds. The molecule has 0 aliphatic rings. The number of rotatable bonds is 3. The van der Waals surface area contributed by atoms with Gasteiger partial charge in [-0.25, -0.2) is 0 Å². The number of aliphatic carboxylic acids is 1. The molecule has 0 spiro atoms. The molecule has 0 aliphatic heterocycles. The van der Waals surface area contributed by atoms with Gasteiger partial charge in [0, 0.05) is 12.4 Å². The summed E-state index contributed by atoms with van der Waals surface area (Å²) in [4.78, 5) is 10.3. The van der Waals surface area contributed by atoms with Crippen LogP contribution in [0.3, 0.4) is 0 Å². The van der Waals surface area contributed by atoms with E-state index in [1.165, 1.54) is 4.68 Å². The molecule has 1 aromatic rings. The SMILES string of the molecule is N[C@@H](Cn1cccn1)C(=O)O. The lowest BCUT2D eigenvalue weighted by Crippen LogP contribution is -2.34. The summed E-state index contributed by atoms with van der Waals surface area (Å²) >= 11 is 0. The molecule has 0 unspecified atom stereocenters. The van der Waals surface area contributed by atoms with E-state index in [1.54, 1.807) is 18.5 Å². The number of nitrogens with two attached hydrogens (primary N) is 1. The Morgan fingerprint density at radius 2 is 2.55 bits per heavy atom. The van der Waals surface area contributed by atoms with Gasteiger partial charge >= 0.3 is 5.97 Å². The first-order chi connectivity index (χ1) is 5.20. The molecule has 60 valence electrons. The zero-order valence-corrected chi connectivity index (χ0v) is 5.84. The van der Waals surface area contributed by atoms with Crippen LogP contribution in [0.15, 0.2) is 18.5 Å². The third-order valence-electron chi connectivity index (χ3n) is 1.26. The number of hydrogen-bond acceptors (Lipinski definition) is 3. The van der Waals surface area contributed by atoms with Gasteiger partial charge in [0.2, 0.25) is 0 Å². The van der Waals surface area contributed by atoms with Gasteiger partial charge in [0.25, 0.3) is 0 Å². The molecule has 0 aliphatic carbocycles. The van der Waals surface area contributed by atoms with Crippen molar-refractivity contribution in [2.45, 2.75) is 12.6 Å². The first-order valence-corrected chi connectivity index (χ1v) is 3.16. The number of carboxylic acids is 1. The summed E-state index contributed by atoms with van der Waals surface area (Å²) in [5.74, 6) is -1.01. The van der Waals surface area contributed by atoms with Crippen molar-refractivity contribution in [2.24, 2.45) is 5.73 Å². The largest absolute Gasteiger partial charge is 0.480 e. The quantitative estimate of drug-likeness (QED) is 0.604. The molecule has 5 nitrogen and oxygen atoms in total. The highest BCUT2D eigenvalue weighted by Gasteiger charge is 2.11. The first kappa shape index (κ1) is 7.74. The van der Waals surface area contributed by atoms with E-state index in [0.29, 0.717) is 0 Å². The molecule has 0 aromatic carbocycles. The molecule has 1 rings (SSSR count). The maximum Gasteiger partial charge on any atom is 0.322 e. The minimum Gasteiger partial charge on any atom is -0.480 e. The van der Waals surface area contributed by atoms with Crippen molar-refractivity contribution in [1.29, 1.82) is 0 Å². The van der Waals surface area contributed by atoms with Gasteiger partial charge < -0.3 is 10.8 Å². The molecule has 3 N–H and O–H groups in total. The summed E-state index contributed by atoms with van der Waals surface area (Å²) in [6, 6.07) is 0.837. The normalized spacial score (nSPS) is 12.8. The van der Waals surface area contributed by atoms with Crippen LogP contribution in [0.25, 0.3) is 0 Å². The van der Waals surface area contributed by atoms with E-state index in [1.807, 2.05) is 0 Å². The highest BCUT2D eigenvalue weighted by atomic mass is 16.4. The number of hydrogen-bond donors (Lipinski definition) is 2. The Bertz CT molecular complexity index is 232. The summed E-state index contributed by atoms with van der Waals surface area (Å²) in [6.45, 7) is 0.211. The minimum atomic E-state index is -1.01. The van der Waals surface area contributed by atoms with Crippen LogP contribution < -0.4 is 5.73 Å². The van der Waals surface area contributed by atoms with E-state index < -0.39 is 12.0 Å². The number of carboxylic acid groups (broad SMARTS) is 1. The summed E-state index contributed by atoms with van der Waals surface area (Å²) in [5.41, 5.74) is 5.25. The fourth-order valence-electron chi connectivity index (χ4n) is 0.688. The molecule has 1 heterocycles. The first-order valence-electron chi connectivity index (χ1n) is 3.16. The molecular weight excluding hydrogens is 146 g/mol. The van der Waals surface area contributed by atoms with Crippen molar-refractivity contribution < 1.29 is 9.90 Å². The smallest absolute Gasteiger partial charge is 0.322 e. The van der Waals surface area contributed by atoms with Crippen LogP contribution in [0.2, 0.25) is 0 Å². The van der Waals surface area contributed by atoms with Gasteiger partial charge in [-0.2, -0.15) is 5.10 Å². The third kappa shape index (κ3) is 2.05. The fraction of sp³-hybridized carbons (Fsp3) is 0.333. The van der Waals surface area contributed by atoms with Crippen molar-refractivity contribution >= 4 is 5.97 Å². The van der Waals surface area contributed by atoms with E-state index in [0.717, 1.165) is 0 Å². The molecule has 0 saturated carbocycles. The van der Waals surface area contributed by atoms with Crippen LogP contribution in [-0.4, -0.2) is 26.9 Å². The molecule has 0 saturated heterocycles. The van der Waals surface area contributed by atoms with Crippen molar-refractivity contribution in [1.82, 2.24) is 9.78 Å². The lowest BCUT2D eigenvalue weighted by molar-refractivity contribution is -0.138. The second-order valence-electron chi connectivity index (χ2n) is 2.17. The molecule has 1 atom stereocenters. The maximum absolute atomic E-state index is 10.3. The monoisotopic (exact) mass is 155 g/mol. The van der Waals surface area contributed by atoms with Crippen LogP contribution in [0, 0.1) is 0 Å². The molecule has 5 heteroatoms. The molecule has 1 aromatic heterocycles. The van der Waals surface area contributed by atoms with E-state index in [-0.39, 0.29) is 6.54 Å². The Kier molecular flexibility index (Phi) is 2.22. The molecule has 11 heavy (non-hydrogen) atoms. The Morgan fingerprint density at radius 1 is 1.82 bits per heavy atom.